The molecule has 0 spiro atoms. The number of hydrogen-bond donors (Lipinski definition) is 5. The van der Waals surface area contributed by atoms with Crippen LogP contribution in [0.15, 0.2) is 40.9 Å². The first-order valence-electron chi connectivity index (χ1n) is 12.0. The molecule has 0 unspecified atom stereocenters. The van der Waals surface area contributed by atoms with E-state index in [-0.39, 0.29) is 16.9 Å². The van der Waals surface area contributed by atoms with Gasteiger partial charge in [-0.1, -0.05) is 31.9 Å². The number of carbonyl (C=O) groups excluding carboxylic acids is 4. The van der Waals surface area contributed by atoms with E-state index in [9.17, 15) is 39.6 Å². The van der Waals surface area contributed by atoms with E-state index in [1.54, 1.807) is 19.1 Å². The van der Waals surface area contributed by atoms with Crippen LogP contribution in [-0.4, -0.2) is 55.6 Å². The number of hydrogen-bond acceptors (Lipinski definition) is 9. The summed E-state index contributed by atoms with van der Waals surface area (Å²) in [5, 5.41) is 43.9. The van der Waals surface area contributed by atoms with Gasteiger partial charge in [0.1, 0.15) is 28.9 Å². The van der Waals surface area contributed by atoms with E-state index < -0.39 is 82.3 Å². The van der Waals surface area contributed by atoms with Crippen molar-refractivity contribution < 1.29 is 44.3 Å². The lowest BCUT2D eigenvalue weighted by Gasteiger charge is -2.51. The number of benzene rings is 1. The highest BCUT2D eigenvalue weighted by atomic mass is 16.5. The minimum atomic E-state index is -2.85. The van der Waals surface area contributed by atoms with Crippen LogP contribution in [0.2, 0.25) is 0 Å². The molecule has 36 heavy (non-hydrogen) atoms. The molecule has 1 aromatic rings. The molecular weight excluding hydrogens is 470 g/mol. The van der Waals surface area contributed by atoms with Gasteiger partial charge in [-0.25, -0.2) is 0 Å². The fourth-order valence-corrected chi connectivity index (χ4v) is 6.47. The number of phenols is 1. The van der Waals surface area contributed by atoms with Crippen molar-refractivity contribution in [3.63, 3.8) is 0 Å². The Balaban J connectivity index is 1.73. The van der Waals surface area contributed by atoms with E-state index in [1.165, 1.54) is 6.07 Å². The van der Waals surface area contributed by atoms with Crippen LogP contribution in [0.4, 0.5) is 0 Å². The van der Waals surface area contributed by atoms with Crippen molar-refractivity contribution in [1.82, 2.24) is 0 Å². The Hall–Kier alpha value is -3.66. The number of rotatable bonds is 3. The molecule has 10 nitrogen and oxygen atoms in total. The Kier molecular flexibility index (Phi) is 5.47. The Labute approximate surface area is 206 Å². The van der Waals surface area contributed by atoms with Crippen molar-refractivity contribution in [2.45, 2.75) is 56.7 Å². The lowest BCUT2D eigenvalue weighted by atomic mass is 9.56. The molecule has 0 saturated heterocycles. The molecule has 1 amide bonds. The Morgan fingerprint density at radius 3 is 2.42 bits per heavy atom. The summed E-state index contributed by atoms with van der Waals surface area (Å²) in [6.45, 7) is 1.72. The maximum absolute atomic E-state index is 13.6. The number of fused-ring (bicyclic) bond motifs is 3. The Morgan fingerprint density at radius 1 is 1.11 bits per heavy atom. The van der Waals surface area contributed by atoms with Gasteiger partial charge in [-0.2, -0.15) is 0 Å². The zero-order valence-electron chi connectivity index (χ0n) is 19.6. The number of ketones is 2. The van der Waals surface area contributed by atoms with E-state index in [0.29, 0.717) is 18.4 Å². The minimum Gasteiger partial charge on any atom is -0.511 e. The van der Waals surface area contributed by atoms with Crippen molar-refractivity contribution in [3.8, 4) is 5.75 Å². The second-order valence-electron chi connectivity index (χ2n) is 10.1. The summed E-state index contributed by atoms with van der Waals surface area (Å²) < 4.78 is 5.92. The maximum Gasteiger partial charge on any atom is 0.309 e. The van der Waals surface area contributed by atoms with Gasteiger partial charge in [0.25, 0.3) is 5.91 Å². The number of primary amides is 1. The number of phenolic OH excluding ortho intramolecular Hbond substituents is 1. The SMILES string of the molecule is C[C@H]1c2cccc(O)c2C(=O)C2=C(O)[C@]3(O)C(=O)C(C(N)=O)=C(O)C[C@@H]3[C@@H](OC(=O)C3CCCC3)[C@@H]21. The van der Waals surface area contributed by atoms with Crippen LogP contribution >= 0.6 is 0 Å². The first kappa shape index (κ1) is 24.1. The average molecular weight is 498 g/mol. The molecule has 0 aromatic heterocycles. The monoisotopic (exact) mass is 497 g/mol. The van der Waals surface area contributed by atoms with Crippen LogP contribution in [0.3, 0.4) is 0 Å². The molecule has 1 saturated carbocycles. The third-order valence-corrected chi connectivity index (χ3v) is 8.27. The summed E-state index contributed by atoms with van der Waals surface area (Å²) in [4.78, 5) is 52.0. The number of amides is 1. The van der Waals surface area contributed by atoms with Gasteiger partial charge in [0.2, 0.25) is 5.78 Å². The quantitative estimate of drug-likeness (QED) is 0.307. The summed E-state index contributed by atoms with van der Waals surface area (Å²) in [6, 6.07) is 4.50. The lowest BCUT2D eigenvalue weighted by Crippen LogP contribution is -2.63. The molecule has 0 radical (unpaired) electrons. The highest BCUT2D eigenvalue weighted by Gasteiger charge is 2.65. The zero-order valence-corrected chi connectivity index (χ0v) is 19.6. The van der Waals surface area contributed by atoms with E-state index in [1.807, 2.05) is 0 Å². The van der Waals surface area contributed by atoms with Crippen molar-refractivity contribution >= 4 is 23.4 Å². The Bertz CT molecular complexity index is 1270. The van der Waals surface area contributed by atoms with Crippen LogP contribution in [0.25, 0.3) is 0 Å². The molecule has 10 heteroatoms. The topological polar surface area (TPSA) is 184 Å². The first-order chi connectivity index (χ1) is 17.0. The van der Waals surface area contributed by atoms with E-state index >= 15 is 0 Å². The molecule has 6 N–H and O–H groups in total. The fourth-order valence-electron chi connectivity index (χ4n) is 6.47. The summed E-state index contributed by atoms with van der Waals surface area (Å²) >= 11 is 0. The number of Topliss-reactive ketones (excluding diaryl/α,β-unsaturated/α-hetero) is 2. The number of aliphatic hydroxyl groups excluding tert-OH is 2. The summed E-state index contributed by atoms with van der Waals surface area (Å²) in [5.74, 6) is -9.46. The molecule has 4 aliphatic rings. The number of allylic oxidation sites excluding steroid dienone is 1. The van der Waals surface area contributed by atoms with Crippen LogP contribution < -0.4 is 5.73 Å². The second kappa shape index (κ2) is 8.19. The molecule has 0 heterocycles. The number of esters is 1. The van der Waals surface area contributed by atoms with Crippen LogP contribution in [-0.2, 0) is 19.1 Å². The summed E-state index contributed by atoms with van der Waals surface area (Å²) in [5.41, 5.74) is 1.51. The predicted octanol–water partition coefficient (Wildman–Crippen LogP) is 1.85. The minimum absolute atomic E-state index is 0.0949. The normalized spacial score (nSPS) is 32.2. The highest BCUT2D eigenvalue weighted by molar-refractivity contribution is 6.24. The van der Waals surface area contributed by atoms with E-state index in [4.69, 9.17) is 10.5 Å². The van der Waals surface area contributed by atoms with Gasteiger partial charge in [0.05, 0.1) is 11.5 Å². The molecular formula is C26H27NO9. The molecule has 0 aliphatic heterocycles. The molecule has 1 aromatic carbocycles. The van der Waals surface area contributed by atoms with Gasteiger partial charge in [-0.05, 0) is 30.4 Å². The lowest BCUT2D eigenvalue weighted by molar-refractivity contribution is -0.177. The van der Waals surface area contributed by atoms with Crippen LogP contribution in [0.1, 0.15) is 60.9 Å². The van der Waals surface area contributed by atoms with Gasteiger partial charge < -0.3 is 30.9 Å². The van der Waals surface area contributed by atoms with Crippen molar-refractivity contribution in [2.75, 3.05) is 0 Å². The van der Waals surface area contributed by atoms with Crippen molar-refractivity contribution in [1.29, 1.82) is 0 Å². The molecule has 190 valence electrons. The van der Waals surface area contributed by atoms with Crippen LogP contribution in [0, 0.1) is 17.8 Å². The largest absolute Gasteiger partial charge is 0.511 e. The highest BCUT2D eigenvalue weighted by Crippen LogP contribution is 2.55. The van der Waals surface area contributed by atoms with Crippen molar-refractivity contribution in [2.24, 2.45) is 23.5 Å². The maximum atomic E-state index is 13.6. The van der Waals surface area contributed by atoms with Gasteiger partial charge in [-0.3, -0.25) is 19.2 Å². The van der Waals surface area contributed by atoms with E-state index in [2.05, 4.69) is 0 Å². The van der Waals surface area contributed by atoms with Gasteiger partial charge in [-0.15, -0.1) is 0 Å². The molecule has 0 bridgehead atoms. The van der Waals surface area contributed by atoms with Gasteiger partial charge in [0, 0.05) is 23.8 Å². The third-order valence-electron chi connectivity index (χ3n) is 8.27. The molecule has 1 fully saturated rings. The smallest absolute Gasteiger partial charge is 0.309 e. The summed E-state index contributed by atoms with van der Waals surface area (Å²) in [6.07, 6.45) is 1.12. The fraction of sp³-hybridized carbons (Fsp3) is 0.462. The third kappa shape index (κ3) is 3.13. The number of carbonyl (C=O) groups is 4. The van der Waals surface area contributed by atoms with Gasteiger partial charge >= 0.3 is 5.97 Å². The number of aromatic hydroxyl groups is 1. The first-order valence-corrected chi connectivity index (χ1v) is 12.0. The molecule has 4 aliphatic carbocycles. The second-order valence-corrected chi connectivity index (χ2v) is 10.1. The molecule has 5 rings (SSSR count). The predicted molar refractivity (Wildman–Crippen MR) is 123 cm³/mol. The summed E-state index contributed by atoms with van der Waals surface area (Å²) in [7, 11) is 0. The standard InChI is InChI=1S/C26H27NO9/c1-10-12-7-4-8-14(28)17(12)20(30)19-16(10)21(36-25(34)11-5-2-3-6-11)13-9-15(29)18(24(27)33)22(31)26(13,35)23(19)32/h4,7-8,10-11,13,16,21,28-29,32,35H,2-3,5-6,9H2,1H3,(H2,27,33)/t10-,13+,16+,21+,26+/m0/s1. The zero-order chi connectivity index (χ0) is 26.1. The average Bonchev–Trinajstić information content (AvgIpc) is 3.36. The number of aliphatic hydroxyl groups is 3. The van der Waals surface area contributed by atoms with Crippen LogP contribution in [0.5, 0.6) is 5.75 Å². The van der Waals surface area contributed by atoms with E-state index in [0.717, 1.165) is 12.8 Å². The van der Waals surface area contributed by atoms with Crippen molar-refractivity contribution in [3.05, 3.63) is 52.0 Å². The Morgan fingerprint density at radius 2 is 1.78 bits per heavy atom. The number of nitrogens with two attached hydrogens (primary N) is 1. The number of ether oxygens (including phenoxy) is 1. The van der Waals surface area contributed by atoms with Gasteiger partial charge in [0.15, 0.2) is 11.4 Å². The molecule has 5 atom stereocenters.